The van der Waals surface area contributed by atoms with Crippen LogP contribution in [0.1, 0.15) is 29.5 Å². The molecule has 0 aliphatic carbocycles. The minimum Gasteiger partial charge on any atom is -0.480 e. The van der Waals surface area contributed by atoms with E-state index in [0.29, 0.717) is 11.6 Å². The third-order valence-corrected chi connectivity index (χ3v) is 3.79. The van der Waals surface area contributed by atoms with Gasteiger partial charge in [0.1, 0.15) is 10.8 Å². The van der Waals surface area contributed by atoms with Crippen molar-refractivity contribution in [1.82, 2.24) is 10.2 Å². The molecule has 1 aromatic carbocycles. The fourth-order valence-corrected chi connectivity index (χ4v) is 2.44. The summed E-state index contributed by atoms with van der Waals surface area (Å²) in [6.07, 6.45) is 0.0338. The van der Waals surface area contributed by atoms with E-state index in [1.165, 1.54) is 11.3 Å². The number of aryl methyl sites for hydroxylation is 3. The molecule has 1 N–H and O–H groups in total. The summed E-state index contributed by atoms with van der Waals surface area (Å²) in [5.41, 5.74) is 2.12. The Morgan fingerprint density at radius 2 is 2.10 bits per heavy atom. The molecule has 21 heavy (non-hydrogen) atoms. The van der Waals surface area contributed by atoms with Gasteiger partial charge in [0, 0.05) is 0 Å². The first-order valence-electron chi connectivity index (χ1n) is 6.84. The van der Waals surface area contributed by atoms with Crippen molar-refractivity contribution in [3.05, 3.63) is 34.3 Å². The van der Waals surface area contributed by atoms with Gasteiger partial charge in [-0.05, 0) is 44.4 Å². The zero-order valence-electron chi connectivity index (χ0n) is 12.6. The van der Waals surface area contributed by atoms with Crippen LogP contribution in [0.5, 0.6) is 5.75 Å². The normalized spacial score (nSPS) is 12.0. The number of aromatic nitrogens is 2. The molecule has 0 fully saturated rings. The summed E-state index contributed by atoms with van der Waals surface area (Å²) in [6.45, 7) is 7.73. The van der Waals surface area contributed by atoms with Gasteiger partial charge in [-0.3, -0.25) is 10.1 Å². The molecule has 2 aromatic rings. The van der Waals surface area contributed by atoms with Gasteiger partial charge in [-0.2, -0.15) is 0 Å². The summed E-state index contributed by atoms with van der Waals surface area (Å²) >= 11 is 1.35. The molecule has 1 amide bonds. The van der Waals surface area contributed by atoms with Crippen LogP contribution in [0.4, 0.5) is 5.13 Å². The van der Waals surface area contributed by atoms with Crippen molar-refractivity contribution in [2.24, 2.45) is 0 Å². The van der Waals surface area contributed by atoms with Gasteiger partial charge in [-0.25, -0.2) is 0 Å². The SMILES string of the molecule is CC[C@@H](Oc1cc(C)ccc1C)C(=O)Nc1nnc(C)s1. The van der Waals surface area contributed by atoms with E-state index in [1.807, 2.05) is 45.9 Å². The summed E-state index contributed by atoms with van der Waals surface area (Å²) in [7, 11) is 0. The smallest absolute Gasteiger partial charge is 0.267 e. The van der Waals surface area contributed by atoms with Gasteiger partial charge in [-0.15, -0.1) is 10.2 Å². The van der Waals surface area contributed by atoms with Crippen LogP contribution in [0.3, 0.4) is 0 Å². The number of rotatable bonds is 5. The Morgan fingerprint density at radius 1 is 1.33 bits per heavy atom. The Labute approximate surface area is 128 Å². The molecule has 5 nitrogen and oxygen atoms in total. The van der Waals surface area contributed by atoms with E-state index in [0.717, 1.165) is 21.9 Å². The van der Waals surface area contributed by atoms with Crippen LogP contribution >= 0.6 is 11.3 Å². The monoisotopic (exact) mass is 305 g/mol. The standard InChI is InChI=1S/C15H19N3O2S/c1-5-12(14(19)16-15-18-17-11(4)21-15)20-13-8-9(2)6-7-10(13)3/h6-8,12H,5H2,1-4H3,(H,16,18,19)/t12-/m1/s1. The van der Waals surface area contributed by atoms with Crippen molar-refractivity contribution in [3.63, 3.8) is 0 Å². The fraction of sp³-hybridized carbons (Fsp3) is 0.400. The highest BCUT2D eigenvalue weighted by Crippen LogP contribution is 2.22. The second kappa shape index (κ2) is 6.67. The molecule has 0 unspecified atom stereocenters. The largest absolute Gasteiger partial charge is 0.480 e. The molecular formula is C15H19N3O2S. The minimum absolute atomic E-state index is 0.199. The number of ether oxygens (including phenoxy) is 1. The molecule has 0 bridgehead atoms. The molecule has 1 aromatic heterocycles. The van der Waals surface area contributed by atoms with Gasteiger partial charge >= 0.3 is 0 Å². The van der Waals surface area contributed by atoms with Gasteiger partial charge in [0.25, 0.3) is 5.91 Å². The molecule has 2 rings (SSSR count). The van der Waals surface area contributed by atoms with Crippen molar-refractivity contribution in [1.29, 1.82) is 0 Å². The average molecular weight is 305 g/mol. The predicted octanol–water partition coefficient (Wildman–Crippen LogP) is 3.26. The van der Waals surface area contributed by atoms with Crippen LogP contribution in [-0.4, -0.2) is 22.2 Å². The Hall–Kier alpha value is -1.95. The van der Waals surface area contributed by atoms with E-state index in [-0.39, 0.29) is 5.91 Å². The Morgan fingerprint density at radius 3 is 2.71 bits per heavy atom. The van der Waals surface area contributed by atoms with Crippen molar-refractivity contribution in [3.8, 4) is 5.75 Å². The number of anilines is 1. The Bertz CT molecular complexity index is 640. The number of nitrogens with zero attached hydrogens (tertiary/aromatic N) is 2. The molecule has 0 radical (unpaired) electrons. The maximum Gasteiger partial charge on any atom is 0.267 e. The molecule has 0 saturated heterocycles. The predicted molar refractivity (Wildman–Crippen MR) is 83.9 cm³/mol. The van der Waals surface area contributed by atoms with E-state index in [9.17, 15) is 4.79 Å². The van der Waals surface area contributed by atoms with E-state index in [2.05, 4.69) is 15.5 Å². The highest BCUT2D eigenvalue weighted by molar-refractivity contribution is 7.15. The summed E-state index contributed by atoms with van der Waals surface area (Å²) in [5, 5.41) is 11.8. The molecule has 0 spiro atoms. The number of carbonyl (C=O) groups excluding carboxylic acids is 1. The average Bonchev–Trinajstić information content (AvgIpc) is 2.84. The number of benzene rings is 1. The lowest BCUT2D eigenvalue weighted by Crippen LogP contribution is -2.32. The minimum atomic E-state index is -0.547. The molecule has 1 atom stereocenters. The second-order valence-electron chi connectivity index (χ2n) is 4.90. The van der Waals surface area contributed by atoms with E-state index in [1.54, 1.807) is 0 Å². The molecular weight excluding hydrogens is 286 g/mol. The van der Waals surface area contributed by atoms with E-state index < -0.39 is 6.10 Å². The lowest BCUT2D eigenvalue weighted by atomic mass is 10.1. The molecule has 6 heteroatoms. The molecule has 1 heterocycles. The summed E-state index contributed by atoms with van der Waals surface area (Å²) in [6, 6.07) is 5.96. The maximum atomic E-state index is 12.3. The second-order valence-corrected chi connectivity index (χ2v) is 6.08. The van der Waals surface area contributed by atoms with Gasteiger partial charge < -0.3 is 4.74 Å². The van der Waals surface area contributed by atoms with E-state index in [4.69, 9.17) is 4.74 Å². The first-order valence-corrected chi connectivity index (χ1v) is 7.66. The van der Waals surface area contributed by atoms with Crippen molar-refractivity contribution < 1.29 is 9.53 Å². The third kappa shape index (κ3) is 4.01. The number of hydrogen-bond donors (Lipinski definition) is 1. The lowest BCUT2D eigenvalue weighted by molar-refractivity contribution is -0.122. The first kappa shape index (κ1) is 15.4. The van der Waals surface area contributed by atoms with Gasteiger partial charge in [0.05, 0.1) is 0 Å². The Kier molecular flexibility index (Phi) is 4.90. The van der Waals surface area contributed by atoms with Crippen LogP contribution in [0.15, 0.2) is 18.2 Å². The van der Waals surface area contributed by atoms with Crippen molar-refractivity contribution in [2.45, 2.75) is 40.2 Å². The number of amides is 1. The summed E-state index contributed by atoms with van der Waals surface area (Å²) < 4.78 is 5.86. The van der Waals surface area contributed by atoms with Crippen LogP contribution in [0.25, 0.3) is 0 Å². The van der Waals surface area contributed by atoms with Gasteiger partial charge in [0.2, 0.25) is 5.13 Å². The summed E-state index contributed by atoms with van der Waals surface area (Å²) in [4.78, 5) is 12.3. The quantitative estimate of drug-likeness (QED) is 0.921. The molecule has 112 valence electrons. The highest BCUT2D eigenvalue weighted by Gasteiger charge is 2.20. The number of nitrogens with one attached hydrogen (secondary N) is 1. The van der Waals surface area contributed by atoms with Gasteiger partial charge in [-0.1, -0.05) is 30.4 Å². The van der Waals surface area contributed by atoms with Crippen LogP contribution in [-0.2, 0) is 4.79 Å². The zero-order chi connectivity index (χ0) is 15.4. The number of carbonyl (C=O) groups is 1. The van der Waals surface area contributed by atoms with Crippen LogP contribution < -0.4 is 10.1 Å². The maximum absolute atomic E-state index is 12.3. The highest BCUT2D eigenvalue weighted by atomic mass is 32.1. The topological polar surface area (TPSA) is 64.1 Å². The Balaban J connectivity index is 2.08. The lowest BCUT2D eigenvalue weighted by Gasteiger charge is -2.18. The summed E-state index contributed by atoms with van der Waals surface area (Å²) in [5.74, 6) is 0.542. The van der Waals surface area contributed by atoms with E-state index >= 15 is 0 Å². The molecule has 0 aliphatic heterocycles. The van der Waals surface area contributed by atoms with Gasteiger partial charge in [0.15, 0.2) is 6.10 Å². The van der Waals surface area contributed by atoms with Crippen molar-refractivity contribution >= 4 is 22.4 Å². The fourth-order valence-electron chi connectivity index (χ4n) is 1.84. The third-order valence-electron chi connectivity index (χ3n) is 3.03. The molecule has 0 saturated carbocycles. The zero-order valence-corrected chi connectivity index (χ0v) is 13.5. The van der Waals surface area contributed by atoms with Crippen molar-refractivity contribution in [2.75, 3.05) is 5.32 Å². The van der Waals surface area contributed by atoms with Crippen LogP contribution in [0, 0.1) is 20.8 Å². The molecule has 0 aliphatic rings. The number of hydrogen-bond acceptors (Lipinski definition) is 5. The van der Waals surface area contributed by atoms with Crippen LogP contribution in [0.2, 0.25) is 0 Å². The first-order chi connectivity index (χ1) is 9.99.